The fraction of sp³-hybridized carbons (Fsp3) is 0.385. The SMILES string of the molecule is CCNc1nnc(-c2ccc(OC)cc2)n1CC. The number of hydrogen-bond acceptors (Lipinski definition) is 4. The molecule has 0 radical (unpaired) electrons. The molecule has 18 heavy (non-hydrogen) atoms. The summed E-state index contributed by atoms with van der Waals surface area (Å²) in [5, 5.41) is 11.6. The highest BCUT2D eigenvalue weighted by atomic mass is 16.5. The molecule has 1 N–H and O–H groups in total. The van der Waals surface area contributed by atoms with Crippen LogP contribution < -0.4 is 10.1 Å². The summed E-state index contributed by atoms with van der Waals surface area (Å²) in [5.74, 6) is 2.52. The third-order valence-corrected chi connectivity index (χ3v) is 2.75. The normalized spacial score (nSPS) is 10.4. The van der Waals surface area contributed by atoms with Gasteiger partial charge in [0, 0.05) is 18.7 Å². The molecule has 0 bridgehead atoms. The molecular formula is C13H18N4O. The van der Waals surface area contributed by atoms with Crippen molar-refractivity contribution in [3.8, 4) is 17.1 Å². The molecule has 0 atom stereocenters. The molecule has 0 unspecified atom stereocenters. The van der Waals surface area contributed by atoms with Crippen molar-refractivity contribution >= 4 is 5.95 Å². The number of anilines is 1. The van der Waals surface area contributed by atoms with Crippen LogP contribution in [0.3, 0.4) is 0 Å². The summed E-state index contributed by atoms with van der Waals surface area (Å²) >= 11 is 0. The molecule has 1 heterocycles. The van der Waals surface area contributed by atoms with Crippen LogP contribution in [0, 0.1) is 0 Å². The van der Waals surface area contributed by atoms with E-state index in [1.54, 1.807) is 7.11 Å². The molecular weight excluding hydrogens is 228 g/mol. The topological polar surface area (TPSA) is 52.0 Å². The largest absolute Gasteiger partial charge is 0.497 e. The Morgan fingerprint density at radius 1 is 1.17 bits per heavy atom. The van der Waals surface area contributed by atoms with E-state index in [4.69, 9.17) is 4.74 Å². The lowest BCUT2D eigenvalue weighted by Gasteiger charge is -2.08. The van der Waals surface area contributed by atoms with Crippen LogP contribution in [0.5, 0.6) is 5.75 Å². The molecule has 1 aromatic carbocycles. The van der Waals surface area contributed by atoms with Crippen molar-refractivity contribution in [3.63, 3.8) is 0 Å². The third-order valence-electron chi connectivity index (χ3n) is 2.75. The molecule has 2 aromatic rings. The molecule has 0 saturated heterocycles. The van der Waals surface area contributed by atoms with E-state index in [9.17, 15) is 0 Å². The molecule has 0 amide bonds. The van der Waals surface area contributed by atoms with E-state index in [-0.39, 0.29) is 0 Å². The molecule has 96 valence electrons. The first-order valence-electron chi connectivity index (χ1n) is 6.11. The van der Waals surface area contributed by atoms with Gasteiger partial charge in [-0.1, -0.05) is 0 Å². The van der Waals surface area contributed by atoms with E-state index in [2.05, 4.69) is 27.0 Å². The monoisotopic (exact) mass is 246 g/mol. The van der Waals surface area contributed by atoms with Crippen molar-refractivity contribution in [1.29, 1.82) is 0 Å². The van der Waals surface area contributed by atoms with E-state index >= 15 is 0 Å². The minimum Gasteiger partial charge on any atom is -0.497 e. The van der Waals surface area contributed by atoms with Crippen LogP contribution in [0.1, 0.15) is 13.8 Å². The summed E-state index contributed by atoms with van der Waals surface area (Å²) in [7, 11) is 1.66. The molecule has 0 aliphatic heterocycles. The number of ether oxygens (including phenoxy) is 1. The van der Waals surface area contributed by atoms with Gasteiger partial charge in [-0.25, -0.2) is 0 Å². The second-order valence-electron chi connectivity index (χ2n) is 3.85. The van der Waals surface area contributed by atoms with E-state index in [1.165, 1.54) is 0 Å². The lowest BCUT2D eigenvalue weighted by atomic mass is 10.2. The van der Waals surface area contributed by atoms with Crippen molar-refractivity contribution in [3.05, 3.63) is 24.3 Å². The Balaban J connectivity index is 2.36. The fourth-order valence-corrected chi connectivity index (χ4v) is 1.85. The van der Waals surface area contributed by atoms with Crippen LogP contribution >= 0.6 is 0 Å². The Labute approximate surface area is 107 Å². The van der Waals surface area contributed by atoms with Crippen molar-refractivity contribution in [2.24, 2.45) is 0 Å². The van der Waals surface area contributed by atoms with Crippen LogP contribution in [0.4, 0.5) is 5.95 Å². The van der Waals surface area contributed by atoms with Gasteiger partial charge < -0.3 is 10.1 Å². The number of rotatable bonds is 5. The van der Waals surface area contributed by atoms with Gasteiger partial charge in [0.1, 0.15) is 5.75 Å². The number of benzene rings is 1. The van der Waals surface area contributed by atoms with E-state index < -0.39 is 0 Å². The molecule has 2 rings (SSSR count). The summed E-state index contributed by atoms with van der Waals surface area (Å²) in [6, 6.07) is 7.84. The molecule has 5 nitrogen and oxygen atoms in total. The van der Waals surface area contributed by atoms with E-state index in [0.717, 1.165) is 36.2 Å². The molecule has 0 saturated carbocycles. The molecule has 0 fully saturated rings. The van der Waals surface area contributed by atoms with Gasteiger partial charge in [0.15, 0.2) is 5.82 Å². The first kappa shape index (κ1) is 12.4. The zero-order chi connectivity index (χ0) is 13.0. The van der Waals surface area contributed by atoms with E-state index in [1.807, 2.05) is 31.2 Å². The van der Waals surface area contributed by atoms with Crippen LogP contribution in [0.25, 0.3) is 11.4 Å². The van der Waals surface area contributed by atoms with Gasteiger partial charge in [0.25, 0.3) is 0 Å². The van der Waals surface area contributed by atoms with Gasteiger partial charge in [0.2, 0.25) is 5.95 Å². The van der Waals surface area contributed by atoms with Crippen molar-refractivity contribution in [2.75, 3.05) is 19.0 Å². The molecule has 0 aliphatic carbocycles. The maximum atomic E-state index is 5.15. The third kappa shape index (κ3) is 2.30. The number of methoxy groups -OCH3 is 1. The average Bonchev–Trinajstić information content (AvgIpc) is 2.82. The average molecular weight is 246 g/mol. The Morgan fingerprint density at radius 2 is 1.89 bits per heavy atom. The molecule has 0 spiro atoms. The molecule has 1 aromatic heterocycles. The van der Waals surface area contributed by atoms with Gasteiger partial charge in [-0.2, -0.15) is 0 Å². The van der Waals surface area contributed by atoms with Gasteiger partial charge >= 0.3 is 0 Å². The van der Waals surface area contributed by atoms with Crippen LogP contribution in [-0.4, -0.2) is 28.4 Å². The zero-order valence-corrected chi connectivity index (χ0v) is 11.0. The van der Waals surface area contributed by atoms with E-state index in [0.29, 0.717) is 0 Å². The van der Waals surface area contributed by atoms with Crippen LogP contribution in [0.15, 0.2) is 24.3 Å². The number of nitrogens with one attached hydrogen (secondary N) is 1. The summed E-state index contributed by atoms with van der Waals surface area (Å²) in [6.45, 7) is 5.79. The predicted molar refractivity (Wildman–Crippen MR) is 71.8 cm³/mol. The van der Waals surface area contributed by atoms with Crippen molar-refractivity contribution in [2.45, 2.75) is 20.4 Å². The fourth-order valence-electron chi connectivity index (χ4n) is 1.85. The van der Waals surface area contributed by atoms with Crippen LogP contribution in [-0.2, 0) is 6.54 Å². The number of nitrogens with zero attached hydrogens (tertiary/aromatic N) is 3. The standard InChI is InChI=1S/C13H18N4O/c1-4-14-13-16-15-12(17(13)5-2)10-6-8-11(18-3)9-7-10/h6-9H,4-5H2,1-3H3,(H,14,16). The first-order valence-corrected chi connectivity index (χ1v) is 6.11. The van der Waals surface area contributed by atoms with Crippen LogP contribution in [0.2, 0.25) is 0 Å². The van der Waals surface area contributed by atoms with Gasteiger partial charge in [-0.3, -0.25) is 4.57 Å². The molecule has 5 heteroatoms. The van der Waals surface area contributed by atoms with Crippen molar-refractivity contribution < 1.29 is 4.74 Å². The zero-order valence-electron chi connectivity index (χ0n) is 11.0. The smallest absolute Gasteiger partial charge is 0.224 e. The Morgan fingerprint density at radius 3 is 2.44 bits per heavy atom. The highest BCUT2D eigenvalue weighted by molar-refractivity contribution is 5.58. The highest BCUT2D eigenvalue weighted by Crippen LogP contribution is 2.22. The Hall–Kier alpha value is -2.04. The first-order chi connectivity index (χ1) is 8.80. The highest BCUT2D eigenvalue weighted by Gasteiger charge is 2.11. The summed E-state index contributed by atoms with van der Waals surface area (Å²) in [6.07, 6.45) is 0. The summed E-state index contributed by atoms with van der Waals surface area (Å²) in [4.78, 5) is 0. The minimum atomic E-state index is 0.811. The Kier molecular flexibility index (Phi) is 3.82. The Bertz CT molecular complexity index is 504. The quantitative estimate of drug-likeness (QED) is 0.880. The van der Waals surface area contributed by atoms with Gasteiger partial charge in [0.05, 0.1) is 7.11 Å². The minimum absolute atomic E-state index is 0.811. The van der Waals surface area contributed by atoms with Gasteiger partial charge in [-0.15, -0.1) is 10.2 Å². The lowest BCUT2D eigenvalue weighted by molar-refractivity contribution is 0.415. The second-order valence-corrected chi connectivity index (χ2v) is 3.85. The number of aromatic nitrogens is 3. The lowest BCUT2D eigenvalue weighted by Crippen LogP contribution is -2.06. The predicted octanol–water partition coefficient (Wildman–Crippen LogP) is 2.41. The molecule has 0 aliphatic rings. The second kappa shape index (κ2) is 5.53. The van der Waals surface area contributed by atoms with Crippen molar-refractivity contribution in [1.82, 2.24) is 14.8 Å². The number of hydrogen-bond donors (Lipinski definition) is 1. The maximum Gasteiger partial charge on any atom is 0.224 e. The summed E-state index contributed by atoms with van der Waals surface area (Å²) < 4.78 is 7.21. The summed E-state index contributed by atoms with van der Waals surface area (Å²) in [5.41, 5.74) is 1.04. The van der Waals surface area contributed by atoms with Gasteiger partial charge in [-0.05, 0) is 38.1 Å². The maximum absolute atomic E-state index is 5.15.